The monoisotopic (exact) mass is 738 g/mol. The molecule has 0 amide bonds. The van der Waals surface area contributed by atoms with Gasteiger partial charge in [-0.2, -0.15) is 0 Å². The number of fused-ring (bicyclic) bond motifs is 5. The van der Waals surface area contributed by atoms with Gasteiger partial charge in [0, 0.05) is 33.4 Å². The molecule has 58 heavy (non-hydrogen) atoms. The van der Waals surface area contributed by atoms with Crippen molar-refractivity contribution in [3.63, 3.8) is 0 Å². The first kappa shape index (κ1) is 33.6. The minimum absolute atomic E-state index is 1.09. The van der Waals surface area contributed by atoms with E-state index in [1.54, 1.807) is 0 Å². The Balaban J connectivity index is 1.12. The van der Waals surface area contributed by atoms with Gasteiger partial charge in [0.15, 0.2) is 0 Å². The van der Waals surface area contributed by atoms with Crippen molar-refractivity contribution in [1.29, 1.82) is 0 Å². The van der Waals surface area contributed by atoms with E-state index in [4.69, 9.17) is 0 Å². The highest BCUT2D eigenvalue weighted by Gasteiger charge is 2.21. The van der Waals surface area contributed by atoms with Gasteiger partial charge in [0.25, 0.3) is 0 Å². The molecule has 11 aromatic rings. The molecule has 0 radical (unpaired) electrons. The summed E-state index contributed by atoms with van der Waals surface area (Å²) >= 11 is 0. The predicted molar refractivity (Wildman–Crippen MR) is 247 cm³/mol. The summed E-state index contributed by atoms with van der Waals surface area (Å²) in [5, 5.41) is 7.45. The number of hydrogen-bond donors (Lipinski definition) is 0. The van der Waals surface area contributed by atoms with Crippen LogP contribution in [-0.2, 0) is 0 Å². The van der Waals surface area contributed by atoms with E-state index in [-0.39, 0.29) is 0 Å². The normalized spacial score (nSPS) is 11.4. The zero-order valence-corrected chi connectivity index (χ0v) is 31.8. The molecule has 10 aromatic carbocycles. The lowest BCUT2D eigenvalue weighted by molar-refractivity contribution is 1.18. The summed E-state index contributed by atoms with van der Waals surface area (Å²) in [5.74, 6) is 0. The number of benzene rings is 10. The summed E-state index contributed by atoms with van der Waals surface area (Å²) in [6.45, 7) is 0. The van der Waals surface area contributed by atoms with Crippen LogP contribution in [0.3, 0.4) is 0 Å². The molecule has 11 rings (SSSR count). The molecule has 0 saturated carbocycles. The smallest absolute Gasteiger partial charge is 0.0541 e. The first-order chi connectivity index (χ1) is 28.8. The van der Waals surface area contributed by atoms with Gasteiger partial charge in [-0.1, -0.05) is 170 Å². The Hall–Kier alpha value is -7.68. The summed E-state index contributed by atoms with van der Waals surface area (Å²) < 4.78 is 2.44. The summed E-state index contributed by atoms with van der Waals surface area (Å²) in [5.41, 5.74) is 14.0. The molecule has 2 nitrogen and oxygen atoms in total. The van der Waals surface area contributed by atoms with Crippen LogP contribution in [0.4, 0.5) is 17.1 Å². The van der Waals surface area contributed by atoms with Crippen molar-refractivity contribution >= 4 is 60.4 Å². The van der Waals surface area contributed by atoms with Gasteiger partial charge in [0.2, 0.25) is 0 Å². The molecule has 0 bridgehead atoms. The fraction of sp³-hybridized carbons (Fsp3) is 0. The molecular formula is C56H38N2. The van der Waals surface area contributed by atoms with Crippen LogP contribution in [0.5, 0.6) is 0 Å². The first-order valence-electron chi connectivity index (χ1n) is 19.9. The van der Waals surface area contributed by atoms with Gasteiger partial charge in [0.05, 0.1) is 16.7 Å². The van der Waals surface area contributed by atoms with E-state index in [2.05, 4.69) is 240 Å². The molecule has 2 heteroatoms. The quantitative estimate of drug-likeness (QED) is 0.158. The van der Waals surface area contributed by atoms with E-state index in [0.717, 1.165) is 22.7 Å². The van der Waals surface area contributed by atoms with Crippen LogP contribution in [0.1, 0.15) is 0 Å². The van der Waals surface area contributed by atoms with Crippen LogP contribution < -0.4 is 4.90 Å². The van der Waals surface area contributed by atoms with Crippen molar-refractivity contribution in [2.75, 3.05) is 4.90 Å². The van der Waals surface area contributed by atoms with E-state index >= 15 is 0 Å². The number of rotatable bonds is 7. The lowest BCUT2D eigenvalue weighted by Crippen LogP contribution is -2.10. The molecule has 0 atom stereocenters. The van der Waals surface area contributed by atoms with Crippen LogP contribution in [0.2, 0.25) is 0 Å². The first-order valence-corrected chi connectivity index (χ1v) is 19.9. The molecule has 0 aliphatic rings. The largest absolute Gasteiger partial charge is 0.310 e. The van der Waals surface area contributed by atoms with Gasteiger partial charge in [-0.15, -0.1) is 0 Å². The molecule has 1 heterocycles. The average Bonchev–Trinajstić information content (AvgIpc) is 3.63. The Bertz CT molecular complexity index is 3220. The zero-order chi connectivity index (χ0) is 38.4. The summed E-state index contributed by atoms with van der Waals surface area (Å²) in [6, 6.07) is 83.8. The second-order valence-electron chi connectivity index (χ2n) is 14.9. The minimum Gasteiger partial charge on any atom is -0.310 e. The SMILES string of the molecule is c1ccc(N(c2ccc(-c3ccc4ccccc4c3)cc2)c2ccc(-c3ccccc3-n3c4ccccc4c4ccccc43)c(-c3cccc4ccccc34)c2)cc1. The maximum Gasteiger partial charge on any atom is 0.0541 e. The predicted octanol–water partition coefficient (Wildman–Crippen LogP) is 15.6. The number of nitrogens with zero attached hydrogens (tertiary/aromatic N) is 2. The zero-order valence-electron chi connectivity index (χ0n) is 31.8. The highest BCUT2D eigenvalue weighted by Crippen LogP contribution is 2.45. The van der Waals surface area contributed by atoms with E-state index in [0.29, 0.717) is 0 Å². The standard InChI is InChI=1S/C56H38N2/c1-2-19-44(20-3-1)57(45-33-31-40(32-34-45)43-30-29-39-15-4-5-17-42(39)37-43)46-35-36-49(53(38-46)48-25-14-18-41-16-6-7-21-47(41)48)50-22-8-11-26-54(50)58-55-27-12-9-23-51(55)52-24-10-13-28-56(52)58/h1-38H. The summed E-state index contributed by atoms with van der Waals surface area (Å²) in [7, 11) is 0. The third-order valence-corrected chi connectivity index (χ3v) is 11.6. The van der Waals surface area contributed by atoms with Crippen molar-refractivity contribution in [2.24, 2.45) is 0 Å². The Morgan fingerprint density at radius 2 is 0.828 bits per heavy atom. The number of hydrogen-bond acceptors (Lipinski definition) is 1. The fourth-order valence-electron chi connectivity index (χ4n) is 8.86. The van der Waals surface area contributed by atoms with Crippen LogP contribution in [0.15, 0.2) is 231 Å². The molecule has 0 aliphatic carbocycles. The molecule has 1 aromatic heterocycles. The highest BCUT2D eigenvalue weighted by atomic mass is 15.1. The number of para-hydroxylation sites is 4. The molecule has 272 valence electrons. The van der Waals surface area contributed by atoms with Gasteiger partial charge in [-0.25, -0.2) is 0 Å². The van der Waals surface area contributed by atoms with Crippen molar-refractivity contribution in [3.05, 3.63) is 231 Å². The fourth-order valence-corrected chi connectivity index (χ4v) is 8.86. The Kier molecular flexibility index (Phi) is 8.19. The molecule has 0 unspecified atom stereocenters. The second-order valence-corrected chi connectivity index (χ2v) is 14.9. The van der Waals surface area contributed by atoms with Crippen molar-refractivity contribution < 1.29 is 0 Å². The summed E-state index contributed by atoms with van der Waals surface area (Å²) in [4.78, 5) is 2.38. The van der Waals surface area contributed by atoms with Crippen molar-refractivity contribution in [1.82, 2.24) is 4.57 Å². The van der Waals surface area contributed by atoms with Crippen LogP contribution in [0.25, 0.3) is 82.4 Å². The molecule has 0 N–H and O–H groups in total. The minimum atomic E-state index is 1.09. The van der Waals surface area contributed by atoms with Gasteiger partial charge in [-0.05, 0) is 110 Å². The van der Waals surface area contributed by atoms with Gasteiger partial charge < -0.3 is 9.47 Å². The van der Waals surface area contributed by atoms with Crippen molar-refractivity contribution in [2.45, 2.75) is 0 Å². The second kappa shape index (κ2) is 14.1. The lowest BCUT2D eigenvalue weighted by Gasteiger charge is -2.27. The van der Waals surface area contributed by atoms with Crippen molar-refractivity contribution in [3.8, 4) is 39.1 Å². The average molecular weight is 739 g/mol. The highest BCUT2D eigenvalue weighted by molar-refractivity contribution is 6.10. The third-order valence-electron chi connectivity index (χ3n) is 11.6. The Morgan fingerprint density at radius 1 is 0.276 bits per heavy atom. The third kappa shape index (κ3) is 5.74. The van der Waals surface area contributed by atoms with E-state index in [1.807, 2.05) is 0 Å². The molecule has 0 fully saturated rings. The van der Waals surface area contributed by atoms with E-state index in [1.165, 1.54) is 76.7 Å². The van der Waals surface area contributed by atoms with Gasteiger partial charge >= 0.3 is 0 Å². The molecule has 0 aliphatic heterocycles. The maximum absolute atomic E-state index is 2.44. The van der Waals surface area contributed by atoms with Gasteiger partial charge in [0.1, 0.15) is 0 Å². The Morgan fingerprint density at radius 3 is 1.60 bits per heavy atom. The molecule has 0 spiro atoms. The van der Waals surface area contributed by atoms with Crippen LogP contribution >= 0.6 is 0 Å². The number of anilines is 3. The number of aromatic nitrogens is 1. The molecule has 0 saturated heterocycles. The Labute approximate surface area is 338 Å². The van der Waals surface area contributed by atoms with Gasteiger partial charge in [-0.3, -0.25) is 0 Å². The van der Waals surface area contributed by atoms with Crippen LogP contribution in [0, 0.1) is 0 Å². The summed E-state index contributed by atoms with van der Waals surface area (Å²) in [6.07, 6.45) is 0. The lowest BCUT2D eigenvalue weighted by atomic mass is 9.90. The molecular weight excluding hydrogens is 701 g/mol. The van der Waals surface area contributed by atoms with Crippen LogP contribution in [-0.4, -0.2) is 4.57 Å². The maximum atomic E-state index is 2.44. The van der Waals surface area contributed by atoms with E-state index in [9.17, 15) is 0 Å². The van der Waals surface area contributed by atoms with E-state index < -0.39 is 0 Å². The topological polar surface area (TPSA) is 8.17 Å².